The van der Waals surface area contributed by atoms with Crippen molar-refractivity contribution in [1.82, 2.24) is 0 Å². The summed E-state index contributed by atoms with van der Waals surface area (Å²) in [5, 5.41) is 0. The minimum absolute atomic E-state index is 0.332. The molecule has 0 aliphatic heterocycles. The second-order valence-corrected chi connectivity index (χ2v) is 4.20. The molecule has 0 radical (unpaired) electrons. The van der Waals surface area contributed by atoms with Gasteiger partial charge in [0, 0.05) is 0 Å². The van der Waals surface area contributed by atoms with E-state index in [0.29, 0.717) is 0 Å². The third kappa shape index (κ3) is 1.59. The number of hydrogen-bond donors (Lipinski definition) is 0. The molecule has 0 N–H and O–H groups in total. The summed E-state index contributed by atoms with van der Waals surface area (Å²) < 4.78 is 1.30. The predicted octanol–water partition coefficient (Wildman–Crippen LogP) is 1.55. The minimum atomic E-state index is -0.332. The van der Waals surface area contributed by atoms with E-state index >= 15 is 0 Å². The summed E-state index contributed by atoms with van der Waals surface area (Å²) >= 11 is -0.332. The van der Waals surface area contributed by atoms with Crippen molar-refractivity contribution in [2.24, 2.45) is 0 Å². The molecule has 0 amide bonds. The Morgan fingerprint density at radius 1 is 1.12 bits per heavy atom. The molecular weight excluding hydrogens is 300 g/mol. The van der Waals surface area contributed by atoms with E-state index in [0.717, 1.165) is 0 Å². The van der Waals surface area contributed by atoms with Crippen molar-refractivity contribution in [2.75, 3.05) is 0 Å². The molecule has 0 heterocycles. The second-order valence-electron chi connectivity index (χ2n) is 1.33. The molecule has 1 aromatic carbocycles. The van der Waals surface area contributed by atoms with E-state index in [1.165, 1.54) is 4.08 Å². The van der Waals surface area contributed by atoms with Gasteiger partial charge in [-0.1, -0.05) is 0 Å². The first kappa shape index (κ1) is 6.28. The van der Waals surface area contributed by atoms with E-state index in [4.69, 9.17) is 9.58 Å². The van der Waals surface area contributed by atoms with Crippen LogP contribution in [0.25, 0.3) is 0 Å². The molecule has 0 spiro atoms. The van der Waals surface area contributed by atoms with Gasteiger partial charge in [-0.25, -0.2) is 0 Å². The Morgan fingerprint density at radius 2 is 1.75 bits per heavy atom. The van der Waals surface area contributed by atoms with Crippen LogP contribution >= 0.6 is 9.58 Å². The van der Waals surface area contributed by atoms with E-state index in [9.17, 15) is 0 Å². The molecule has 8 heavy (non-hydrogen) atoms. The predicted molar refractivity (Wildman–Crippen MR) is 31.9 cm³/mol. The van der Waals surface area contributed by atoms with Crippen LogP contribution in [0.5, 0.6) is 0 Å². The van der Waals surface area contributed by atoms with Crippen LogP contribution in [-0.4, -0.2) is 0 Å². The molecular formula is C6H5ClIr. The number of hydrogen-bond acceptors (Lipinski definition) is 0. The number of rotatable bonds is 1. The molecule has 0 aliphatic carbocycles. The van der Waals surface area contributed by atoms with Crippen molar-refractivity contribution >= 4 is 13.7 Å². The van der Waals surface area contributed by atoms with Crippen molar-refractivity contribution < 1.29 is 16.7 Å². The van der Waals surface area contributed by atoms with Crippen LogP contribution in [0.15, 0.2) is 30.3 Å². The third-order valence-corrected chi connectivity index (χ3v) is 3.30. The SMILES string of the molecule is [Cl][Ir][c]1ccccc1. The third-order valence-electron chi connectivity index (χ3n) is 0.791. The van der Waals surface area contributed by atoms with Crippen molar-refractivity contribution in [3.8, 4) is 0 Å². The Bertz CT molecular complexity index is 150. The summed E-state index contributed by atoms with van der Waals surface area (Å²) in [4.78, 5) is 0. The molecule has 0 unspecified atom stereocenters. The van der Waals surface area contributed by atoms with Crippen molar-refractivity contribution in [1.29, 1.82) is 0 Å². The monoisotopic (exact) mass is 305 g/mol. The summed E-state index contributed by atoms with van der Waals surface area (Å²) in [6.07, 6.45) is 0. The van der Waals surface area contributed by atoms with Gasteiger partial charge in [-0.2, -0.15) is 0 Å². The van der Waals surface area contributed by atoms with Gasteiger partial charge in [0.2, 0.25) is 0 Å². The summed E-state index contributed by atoms with van der Waals surface area (Å²) in [6, 6.07) is 10.2. The molecule has 45 valence electrons. The summed E-state index contributed by atoms with van der Waals surface area (Å²) in [7, 11) is 5.65. The Balaban J connectivity index is 2.83. The molecule has 0 saturated heterocycles. The normalized spacial score (nSPS) is 9.62. The zero-order valence-electron chi connectivity index (χ0n) is 4.10. The molecule has 0 fully saturated rings. The fourth-order valence-corrected chi connectivity index (χ4v) is 1.90. The Kier molecular flexibility index (Phi) is 2.54. The van der Waals surface area contributed by atoms with Gasteiger partial charge in [0.15, 0.2) is 0 Å². The first-order valence-corrected chi connectivity index (χ1v) is 6.37. The van der Waals surface area contributed by atoms with Crippen LogP contribution in [0.2, 0.25) is 0 Å². The van der Waals surface area contributed by atoms with E-state index in [1.807, 2.05) is 18.2 Å². The average molecular weight is 305 g/mol. The molecule has 0 bridgehead atoms. The molecule has 1 rings (SSSR count). The first-order chi connectivity index (χ1) is 3.93. The van der Waals surface area contributed by atoms with Crippen LogP contribution in [0.4, 0.5) is 0 Å². The first-order valence-electron chi connectivity index (χ1n) is 2.20. The second kappa shape index (κ2) is 3.24. The molecule has 2 heteroatoms. The van der Waals surface area contributed by atoms with Gasteiger partial charge < -0.3 is 0 Å². The molecule has 0 aromatic heterocycles. The van der Waals surface area contributed by atoms with Crippen molar-refractivity contribution in [2.45, 2.75) is 0 Å². The topological polar surface area (TPSA) is 0 Å². The molecule has 1 aromatic rings. The van der Waals surface area contributed by atoms with E-state index in [-0.39, 0.29) is 16.7 Å². The van der Waals surface area contributed by atoms with Crippen molar-refractivity contribution in [3.63, 3.8) is 0 Å². The Labute approximate surface area is 60.8 Å². The average Bonchev–Trinajstić information content (AvgIpc) is 1.90. The van der Waals surface area contributed by atoms with Crippen LogP contribution in [0.1, 0.15) is 0 Å². The summed E-state index contributed by atoms with van der Waals surface area (Å²) in [6.45, 7) is 0. The molecule has 0 saturated carbocycles. The molecule has 0 aliphatic rings. The zero-order chi connectivity index (χ0) is 5.82. The maximum atomic E-state index is 5.65. The molecule has 0 nitrogen and oxygen atoms in total. The number of halogens is 1. The quantitative estimate of drug-likeness (QED) is 0.738. The van der Waals surface area contributed by atoms with Crippen LogP contribution < -0.4 is 4.08 Å². The maximum absolute atomic E-state index is 5.65. The standard InChI is InChI=1S/C6H5.ClH.Ir/c1-2-4-6-5-3-1;;/h1-5H;1H;/q;;+1/p-1. The van der Waals surface area contributed by atoms with Gasteiger partial charge in [-0.3, -0.25) is 0 Å². The van der Waals surface area contributed by atoms with Gasteiger partial charge in [0.1, 0.15) is 0 Å². The molecule has 0 atom stereocenters. The summed E-state index contributed by atoms with van der Waals surface area (Å²) in [5.41, 5.74) is 0. The van der Waals surface area contributed by atoms with E-state index < -0.39 is 0 Å². The van der Waals surface area contributed by atoms with Crippen LogP contribution in [0, 0.1) is 0 Å². The van der Waals surface area contributed by atoms with Crippen molar-refractivity contribution in [3.05, 3.63) is 30.3 Å². The Morgan fingerprint density at radius 3 is 2.12 bits per heavy atom. The van der Waals surface area contributed by atoms with E-state index in [2.05, 4.69) is 12.1 Å². The van der Waals surface area contributed by atoms with Crippen LogP contribution in [0.3, 0.4) is 0 Å². The fourth-order valence-electron chi connectivity index (χ4n) is 0.448. The van der Waals surface area contributed by atoms with Gasteiger partial charge in [-0.05, 0) is 0 Å². The van der Waals surface area contributed by atoms with Crippen LogP contribution in [-0.2, 0) is 16.7 Å². The zero-order valence-corrected chi connectivity index (χ0v) is 7.25. The number of benzene rings is 1. The van der Waals surface area contributed by atoms with Gasteiger partial charge in [0.25, 0.3) is 0 Å². The van der Waals surface area contributed by atoms with Gasteiger partial charge in [0.05, 0.1) is 0 Å². The van der Waals surface area contributed by atoms with Gasteiger partial charge in [-0.15, -0.1) is 0 Å². The Hall–Kier alpha value is 0.159. The van der Waals surface area contributed by atoms with E-state index in [1.54, 1.807) is 0 Å². The van der Waals surface area contributed by atoms with Gasteiger partial charge >= 0.3 is 60.7 Å². The summed E-state index contributed by atoms with van der Waals surface area (Å²) in [5.74, 6) is 0. The fraction of sp³-hybridized carbons (Fsp3) is 0.